The molecule has 0 saturated carbocycles. The number of aliphatic hydroxyl groups excluding tert-OH is 1. The van der Waals surface area contributed by atoms with Crippen LogP contribution in [0.2, 0.25) is 5.02 Å². The minimum Gasteiger partial charge on any atom is -0.392 e. The zero-order valence-electron chi connectivity index (χ0n) is 24.1. The Bertz CT molecular complexity index is 1120. The van der Waals surface area contributed by atoms with Crippen molar-refractivity contribution in [2.24, 2.45) is 5.73 Å². The Hall–Kier alpha value is -2.05. The highest BCUT2D eigenvalue weighted by Crippen LogP contribution is 2.46. The van der Waals surface area contributed by atoms with Crippen LogP contribution < -0.4 is 11.1 Å². The maximum Gasteiger partial charge on any atom is 0.0766 e. The SMILES string of the molecule is CCC.CCc1c(CO)c(C(C)=N)c(NC(C)=S)c(Cl)c1-c1ccc(C)c(C)c1C(C)=C(C)C.CN. The molecule has 0 aliphatic carbocycles. The van der Waals surface area contributed by atoms with Crippen LogP contribution in [0.4, 0.5) is 5.69 Å². The fourth-order valence-corrected chi connectivity index (χ4v) is 4.59. The summed E-state index contributed by atoms with van der Waals surface area (Å²) in [6.45, 7) is 20.3. The van der Waals surface area contributed by atoms with E-state index in [0.29, 0.717) is 33.4 Å². The van der Waals surface area contributed by atoms with Crippen molar-refractivity contribution in [3.8, 4) is 11.1 Å². The molecule has 2 aromatic carbocycles. The Kier molecular flexibility index (Phi) is 15.0. The van der Waals surface area contributed by atoms with E-state index < -0.39 is 0 Å². The van der Waals surface area contributed by atoms with Crippen molar-refractivity contribution in [2.75, 3.05) is 12.4 Å². The van der Waals surface area contributed by atoms with E-state index in [4.69, 9.17) is 29.2 Å². The van der Waals surface area contributed by atoms with E-state index in [2.05, 4.69) is 78.6 Å². The van der Waals surface area contributed by atoms with Crippen LogP contribution in [0.25, 0.3) is 16.7 Å². The van der Waals surface area contributed by atoms with E-state index in [1.807, 2.05) is 0 Å². The molecule has 0 spiro atoms. The summed E-state index contributed by atoms with van der Waals surface area (Å²) in [7, 11) is 1.50. The lowest BCUT2D eigenvalue weighted by Gasteiger charge is -2.26. The molecule has 6 heteroatoms. The third kappa shape index (κ3) is 7.72. The van der Waals surface area contributed by atoms with E-state index in [0.717, 1.165) is 22.3 Å². The lowest BCUT2D eigenvalue weighted by Crippen LogP contribution is -2.15. The smallest absolute Gasteiger partial charge is 0.0766 e. The molecular weight excluding hydrogens is 486 g/mol. The van der Waals surface area contributed by atoms with Crippen LogP contribution in [0.5, 0.6) is 0 Å². The highest BCUT2D eigenvalue weighted by molar-refractivity contribution is 7.80. The molecule has 2 aromatic rings. The van der Waals surface area contributed by atoms with Crippen LogP contribution in [0.3, 0.4) is 0 Å². The molecule has 0 amide bonds. The van der Waals surface area contributed by atoms with Gasteiger partial charge in [-0.05, 0) is 101 Å². The zero-order chi connectivity index (χ0) is 28.3. The molecule has 0 aliphatic heterocycles. The molecule has 0 fully saturated rings. The van der Waals surface area contributed by atoms with Gasteiger partial charge >= 0.3 is 0 Å². The highest BCUT2D eigenvalue weighted by Gasteiger charge is 2.26. The van der Waals surface area contributed by atoms with Crippen LogP contribution in [0.15, 0.2) is 17.7 Å². The van der Waals surface area contributed by atoms with Crippen molar-refractivity contribution in [1.29, 1.82) is 5.41 Å². The first-order chi connectivity index (χ1) is 16.9. The Morgan fingerprint density at radius 1 is 1.00 bits per heavy atom. The predicted molar refractivity (Wildman–Crippen MR) is 166 cm³/mol. The van der Waals surface area contributed by atoms with Gasteiger partial charge in [-0.1, -0.05) is 68.7 Å². The van der Waals surface area contributed by atoms with E-state index in [-0.39, 0.29) is 6.61 Å². The summed E-state index contributed by atoms with van der Waals surface area (Å²) in [5.74, 6) is 0. The minimum atomic E-state index is -0.175. The molecule has 36 heavy (non-hydrogen) atoms. The fourth-order valence-electron chi connectivity index (χ4n) is 4.13. The average molecular weight is 532 g/mol. The standard InChI is InChI=1S/C26H33ClN2OS.C3H8.CH5N/c1-9-19-21(12-30)23(17(7)28)26(29-18(8)31)25(27)24(19)20-11-10-14(4)16(6)22(20)15(5)13(2)3;1-3-2;1-2/h10-11,28,30H,9,12H2,1-8H3,(H,29,31);3H2,1-2H3;2H2,1H3. The molecule has 0 aromatic heterocycles. The average Bonchev–Trinajstić information content (AvgIpc) is 2.82. The maximum atomic E-state index is 10.4. The van der Waals surface area contributed by atoms with Crippen molar-refractivity contribution >= 4 is 45.8 Å². The fraction of sp³-hybridized carbons (Fsp3) is 0.467. The number of nitrogens with one attached hydrogen (secondary N) is 2. The normalized spacial score (nSPS) is 9.94. The second-order valence-electron chi connectivity index (χ2n) is 8.98. The third-order valence-electron chi connectivity index (χ3n) is 5.97. The van der Waals surface area contributed by atoms with E-state index in [9.17, 15) is 5.11 Å². The van der Waals surface area contributed by atoms with Crippen molar-refractivity contribution in [1.82, 2.24) is 0 Å². The number of nitrogens with two attached hydrogens (primary N) is 1. The molecule has 0 heterocycles. The van der Waals surface area contributed by atoms with Gasteiger partial charge in [0, 0.05) is 16.8 Å². The number of hydrogen-bond acceptors (Lipinski definition) is 4. The molecule has 4 nitrogen and oxygen atoms in total. The van der Waals surface area contributed by atoms with Crippen LogP contribution in [0, 0.1) is 19.3 Å². The van der Waals surface area contributed by atoms with E-state index in [1.54, 1.807) is 13.8 Å². The second kappa shape index (κ2) is 15.9. The van der Waals surface area contributed by atoms with Crippen LogP contribution in [0.1, 0.15) is 95.2 Å². The summed E-state index contributed by atoms with van der Waals surface area (Å²) >= 11 is 12.4. The van der Waals surface area contributed by atoms with Crippen molar-refractivity contribution in [2.45, 2.75) is 88.7 Å². The van der Waals surface area contributed by atoms with Gasteiger partial charge in [-0.25, -0.2) is 0 Å². The lowest BCUT2D eigenvalue weighted by molar-refractivity contribution is 0.280. The lowest BCUT2D eigenvalue weighted by atomic mass is 9.82. The van der Waals surface area contributed by atoms with Gasteiger partial charge in [-0.2, -0.15) is 0 Å². The summed E-state index contributed by atoms with van der Waals surface area (Å²) in [6.07, 6.45) is 1.93. The van der Waals surface area contributed by atoms with Gasteiger partial charge in [-0.15, -0.1) is 0 Å². The first-order valence-corrected chi connectivity index (χ1v) is 13.3. The molecule has 2 rings (SSSR count). The number of rotatable bonds is 6. The number of thiocarbonyl (C=S) groups is 1. The van der Waals surface area contributed by atoms with Crippen LogP contribution in [-0.4, -0.2) is 22.9 Å². The summed E-state index contributed by atoms with van der Waals surface area (Å²) in [5.41, 5.74) is 15.8. The Balaban J connectivity index is 0.00000227. The van der Waals surface area contributed by atoms with Crippen molar-refractivity contribution in [3.05, 3.63) is 56.1 Å². The second-order valence-corrected chi connectivity index (χ2v) is 9.97. The van der Waals surface area contributed by atoms with Gasteiger partial charge in [0.15, 0.2) is 0 Å². The van der Waals surface area contributed by atoms with Crippen LogP contribution in [-0.2, 0) is 13.0 Å². The van der Waals surface area contributed by atoms with Crippen molar-refractivity contribution < 1.29 is 5.11 Å². The summed E-state index contributed by atoms with van der Waals surface area (Å²) in [5, 5.41) is 22.5. The largest absolute Gasteiger partial charge is 0.392 e. The topological polar surface area (TPSA) is 82.1 Å². The first-order valence-electron chi connectivity index (χ1n) is 12.5. The molecule has 5 N–H and O–H groups in total. The van der Waals surface area contributed by atoms with Crippen molar-refractivity contribution in [3.63, 3.8) is 0 Å². The molecule has 0 bridgehead atoms. The predicted octanol–water partition coefficient (Wildman–Crippen LogP) is 8.63. The number of allylic oxidation sites excluding steroid dienone is 2. The number of aryl methyl sites for hydroxylation is 1. The zero-order valence-corrected chi connectivity index (χ0v) is 25.7. The molecule has 0 radical (unpaired) electrons. The number of halogens is 1. The minimum absolute atomic E-state index is 0.175. The Labute approximate surface area is 229 Å². The molecular formula is C30H46ClN3OS. The van der Waals surface area contributed by atoms with Gasteiger partial charge in [0.05, 0.1) is 22.3 Å². The summed E-state index contributed by atoms with van der Waals surface area (Å²) < 4.78 is 0. The van der Waals surface area contributed by atoms with Gasteiger partial charge in [0.1, 0.15) is 0 Å². The van der Waals surface area contributed by atoms with Gasteiger partial charge < -0.3 is 21.6 Å². The van der Waals surface area contributed by atoms with E-state index >= 15 is 0 Å². The first kappa shape index (κ1) is 34.0. The number of aliphatic hydroxyl groups is 1. The Morgan fingerprint density at radius 3 is 1.92 bits per heavy atom. The van der Waals surface area contributed by atoms with Gasteiger partial charge in [0.25, 0.3) is 0 Å². The summed E-state index contributed by atoms with van der Waals surface area (Å²) in [4.78, 5) is 0.560. The molecule has 0 saturated heterocycles. The van der Waals surface area contributed by atoms with E-state index in [1.165, 1.54) is 41.3 Å². The highest BCUT2D eigenvalue weighted by atomic mass is 35.5. The maximum absolute atomic E-state index is 10.4. The molecule has 0 unspecified atom stereocenters. The number of hydrogen-bond donors (Lipinski definition) is 4. The van der Waals surface area contributed by atoms with Crippen LogP contribution >= 0.6 is 23.8 Å². The number of anilines is 1. The Morgan fingerprint density at radius 2 is 1.53 bits per heavy atom. The molecule has 200 valence electrons. The third-order valence-corrected chi connectivity index (χ3v) is 6.45. The van der Waals surface area contributed by atoms with Gasteiger partial charge in [0.2, 0.25) is 0 Å². The number of benzene rings is 2. The monoisotopic (exact) mass is 531 g/mol. The van der Waals surface area contributed by atoms with Gasteiger partial charge in [-0.3, -0.25) is 0 Å². The molecule has 0 atom stereocenters. The summed E-state index contributed by atoms with van der Waals surface area (Å²) in [6, 6.07) is 4.24. The quantitative estimate of drug-likeness (QED) is 0.222. The molecule has 0 aliphatic rings.